The Morgan fingerprint density at radius 3 is 2.63 bits per heavy atom. The van der Waals surface area contributed by atoms with Crippen molar-refractivity contribution < 1.29 is 9.47 Å². The summed E-state index contributed by atoms with van der Waals surface area (Å²) in [5, 5.41) is 23.9. The minimum atomic E-state index is -0.729. The topological polar surface area (TPSA) is 167 Å². The number of guanidine groups is 1. The van der Waals surface area contributed by atoms with Crippen LogP contribution < -0.4 is 31.6 Å². The number of ether oxygens (including phenoxy) is 2. The van der Waals surface area contributed by atoms with Gasteiger partial charge in [-0.2, -0.15) is 10.5 Å². The lowest BCUT2D eigenvalue weighted by Gasteiger charge is -2.27. The minimum Gasteiger partial charge on any atom is -0.492 e. The number of methoxy groups -OCH3 is 1. The van der Waals surface area contributed by atoms with Gasteiger partial charge in [0.15, 0.2) is 17.7 Å². The Morgan fingerprint density at radius 1 is 1.30 bits per heavy atom. The highest BCUT2D eigenvalue weighted by atomic mass is 79.9. The van der Waals surface area contributed by atoms with Gasteiger partial charge < -0.3 is 26.3 Å². The van der Waals surface area contributed by atoms with Gasteiger partial charge in [0.2, 0.25) is 5.96 Å². The quantitative estimate of drug-likeness (QED) is 0.339. The summed E-state index contributed by atoms with van der Waals surface area (Å²) in [5.41, 5.74) is 13.5. The molecule has 30 heavy (non-hydrogen) atoms. The second-order valence-electron chi connectivity index (χ2n) is 5.96. The number of anilines is 3. The molecule has 1 aromatic heterocycles. The van der Waals surface area contributed by atoms with Crippen molar-refractivity contribution in [2.45, 2.75) is 13.0 Å². The second kappa shape index (κ2) is 8.65. The third-order valence-corrected chi connectivity index (χ3v) is 6.46. The third-order valence-electron chi connectivity index (χ3n) is 4.31. The van der Waals surface area contributed by atoms with Gasteiger partial charge in [-0.1, -0.05) is 0 Å². The Morgan fingerprint density at radius 2 is 2.03 bits per heavy atom. The van der Waals surface area contributed by atoms with E-state index in [0.29, 0.717) is 44.0 Å². The van der Waals surface area contributed by atoms with Gasteiger partial charge in [0.1, 0.15) is 29.3 Å². The van der Waals surface area contributed by atoms with E-state index in [-0.39, 0.29) is 23.0 Å². The number of nitrogens with one attached hydrogen (secondary N) is 2. The van der Waals surface area contributed by atoms with Gasteiger partial charge in [-0.15, -0.1) is 0 Å². The molecule has 12 heteroatoms. The van der Waals surface area contributed by atoms with E-state index in [1.54, 1.807) is 6.07 Å². The predicted octanol–water partition coefficient (Wildman–Crippen LogP) is 2.99. The highest BCUT2D eigenvalue weighted by molar-refractivity contribution is 9.13. The van der Waals surface area contributed by atoms with Crippen LogP contribution in [-0.4, -0.2) is 24.7 Å². The van der Waals surface area contributed by atoms with Gasteiger partial charge in [0.05, 0.1) is 23.9 Å². The van der Waals surface area contributed by atoms with Crippen molar-refractivity contribution in [2.24, 2.45) is 4.99 Å². The fourth-order valence-corrected chi connectivity index (χ4v) is 4.16. The second-order valence-corrected chi connectivity index (χ2v) is 7.55. The summed E-state index contributed by atoms with van der Waals surface area (Å²) in [6.07, 6.45) is 1.82. The summed E-state index contributed by atoms with van der Waals surface area (Å²) < 4.78 is 12.4. The Kier molecular flexibility index (Phi) is 6.20. The van der Waals surface area contributed by atoms with Crippen LogP contribution in [0.3, 0.4) is 0 Å². The van der Waals surface area contributed by atoms with E-state index < -0.39 is 6.04 Å². The Bertz CT molecular complexity index is 1140. The smallest absolute Gasteiger partial charge is 0.211 e. The number of hydrogen-bond acceptors (Lipinski definition) is 10. The highest BCUT2D eigenvalue weighted by Crippen LogP contribution is 2.49. The van der Waals surface area contributed by atoms with Crippen molar-refractivity contribution in [1.29, 1.82) is 10.5 Å². The van der Waals surface area contributed by atoms with Crippen LogP contribution in [0.2, 0.25) is 0 Å². The van der Waals surface area contributed by atoms with E-state index in [2.05, 4.69) is 52.5 Å². The number of fused-ring (bicyclic) bond motifs is 1. The van der Waals surface area contributed by atoms with Crippen LogP contribution in [0.15, 0.2) is 20.0 Å². The van der Waals surface area contributed by atoms with E-state index in [9.17, 15) is 5.26 Å². The number of benzene rings is 1. The molecule has 0 saturated heterocycles. The fourth-order valence-electron chi connectivity index (χ4n) is 3.06. The summed E-state index contributed by atoms with van der Waals surface area (Å²) >= 11 is 7.09. The minimum absolute atomic E-state index is 0.0248. The largest absolute Gasteiger partial charge is 0.492 e. The number of nitrogen functional groups attached to an aromatic ring is 2. The molecule has 6 N–H and O–H groups in total. The molecular weight excluding hydrogens is 520 g/mol. The number of hydrogen-bond donors (Lipinski definition) is 4. The summed E-state index contributed by atoms with van der Waals surface area (Å²) in [4.78, 5) is 8.81. The van der Waals surface area contributed by atoms with E-state index in [1.165, 1.54) is 7.11 Å². The zero-order chi connectivity index (χ0) is 22.0. The van der Waals surface area contributed by atoms with Crippen molar-refractivity contribution in [3.63, 3.8) is 0 Å². The summed E-state index contributed by atoms with van der Waals surface area (Å²) in [5.74, 6) is 1.41. The van der Waals surface area contributed by atoms with Gasteiger partial charge in [0.25, 0.3) is 0 Å². The third kappa shape index (κ3) is 3.56. The van der Waals surface area contributed by atoms with Crippen molar-refractivity contribution in [2.75, 3.05) is 30.5 Å². The maximum absolute atomic E-state index is 9.46. The molecular formula is C18H16Br2N8O2. The number of aromatic nitrogens is 1. The summed E-state index contributed by atoms with van der Waals surface area (Å²) in [6, 6.07) is 3.00. The molecule has 0 aliphatic carbocycles. The molecule has 154 valence electrons. The first kappa shape index (κ1) is 21.5. The van der Waals surface area contributed by atoms with Crippen LogP contribution in [0.25, 0.3) is 0 Å². The van der Waals surface area contributed by atoms with Gasteiger partial charge in [-0.25, -0.2) is 9.98 Å². The van der Waals surface area contributed by atoms with Crippen molar-refractivity contribution >= 4 is 55.1 Å². The molecule has 0 radical (unpaired) electrons. The van der Waals surface area contributed by atoms with E-state index in [0.717, 1.165) is 0 Å². The number of aliphatic imine (C=N–C) groups is 1. The molecule has 0 fully saturated rings. The van der Waals surface area contributed by atoms with Crippen LogP contribution in [0.4, 0.5) is 17.3 Å². The molecule has 3 rings (SSSR count). The molecule has 2 heterocycles. The van der Waals surface area contributed by atoms with E-state index in [4.69, 9.17) is 26.2 Å². The first-order valence-corrected chi connectivity index (χ1v) is 10.1. The Hall–Kier alpha value is -3.22. The molecule has 1 aliphatic rings. The van der Waals surface area contributed by atoms with Gasteiger partial charge in [-0.05, 0) is 44.8 Å². The number of nitrogens with zero attached hydrogens (tertiary/aromatic N) is 4. The summed E-state index contributed by atoms with van der Waals surface area (Å²) in [7, 11) is 1.53. The Labute approximate surface area is 189 Å². The number of nitrogens with two attached hydrogens (primary N) is 2. The first-order valence-electron chi connectivity index (χ1n) is 8.55. The van der Waals surface area contributed by atoms with Crippen LogP contribution >= 0.6 is 31.9 Å². The molecule has 1 aliphatic heterocycles. The average Bonchev–Trinajstić information content (AvgIpc) is 2.71. The van der Waals surface area contributed by atoms with Crippen LogP contribution in [-0.2, 0) is 0 Å². The number of halogens is 2. The molecule has 0 amide bonds. The van der Waals surface area contributed by atoms with Gasteiger partial charge in [-0.3, -0.25) is 5.32 Å². The highest BCUT2D eigenvalue weighted by Gasteiger charge is 2.32. The molecule has 10 nitrogen and oxygen atoms in total. The fraction of sp³-hybridized carbons (Fsp3) is 0.222. The van der Waals surface area contributed by atoms with Gasteiger partial charge >= 0.3 is 0 Å². The van der Waals surface area contributed by atoms with Crippen LogP contribution in [0, 0.1) is 22.8 Å². The zero-order valence-corrected chi connectivity index (χ0v) is 19.0. The normalized spacial score (nSPS) is 14.5. The standard InChI is InChI=1S/C18H16Br2N8O2/c1-3-30-9-4-7(11(19)12(20)15(9)29-2)14-10-13(23)8(5-21)16(24)27-17(10)28-18(26-14)25-6-22/h4,14H,3H2,1-2H3,(H6,23,24,25,26,27,28). The van der Waals surface area contributed by atoms with Crippen molar-refractivity contribution in [3.05, 3.63) is 31.7 Å². The molecule has 1 aromatic carbocycles. The monoisotopic (exact) mass is 534 g/mol. The lowest BCUT2D eigenvalue weighted by molar-refractivity contribution is 0.309. The molecule has 0 saturated carbocycles. The van der Waals surface area contributed by atoms with Crippen molar-refractivity contribution in [1.82, 2.24) is 10.3 Å². The zero-order valence-electron chi connectivity index (χ0n) is 15.9. The molecule has 2 aromatic rings. The maximum atomic E-state index is 9.46. The Balaban J connectivity index is 2.33. The van der Waals surface area contributed by atoms with Gasteiger partial charge in [0, 0.05) is 15.6 Å². The van der Waals surface area contributed by atoms with Crippen molar-refractivity contribution in [3.8, 4) is 23.8 Å². The van der Waals surface area contributed by atoms with E-state index in [1.807, 2.05) is 19.2 Å². The number of pyridine rings is 1. The number of rotatable bonds is 4. The molecule has 0 spiro atoms. The maximum Gasteiger partial charge on any atom is 0.211 e. The first-order chi connectivity index (χ1) is 14.4. The van der Waals surface area contributed by atoms with Crippen LogP contribution in [0.1, 0.15) is 29.7 Å². The molecule has 1 unspecified atom stereocenters. The van der Waals surface area contributed by atoms with E-state index >= 15 is 0 Å². The molecule has 1 atom stereocenters. The molecule has 0 bridgehead atoms. The SMILES string of the molecule is CCOc1cc(C2N=C(NC#N)Nc3nc(N)c(C#N)c(N)c32)c(Br)c(Br)c1OC. The lowest BCUT2D eigenvalue weighted by atomic mass is 9.95. The predicted molar refractivity (Wildman–Crippen MR) is 119 cm³/mol. The lowest BCUT2D eigenvalue weighted by Crippen LogP contribution is -2.33. The van der Waals surface area contributed by atoms with Crippen LogP contribution in [0.5, 0.6) is 11.5 Å². The average molecular weight is 536 g/mol. The number of nitriles is 2. The summed E-state index contributed by atoms with van der Waals surface area (Å²) in [6.45, 7) is 2.27.